The van der Waals surface area contributed by atoms with Crippen molar-refractivity contribution in [3.63, 3.8) is 0 Å². The lowest BCUT2D eigenvalue weighted by Crippen LogP contribution is -2.44. The number of ether oxygens (including phenoxy) is 1. The summed E-state index contributed by atoms with van der Waals surface area (Å²) in [7, 11) is 0. The van der Waals surface area contributed by atoms with Gasteiger partial charge < -0.3 is 10.1 Å². The highest BCUT2D eigenvalue weighted by molar-refractivity contribution is 5.70. The molecule has 0 radical (unpaired) electrons. The van der Waals surface area contributed by atoms with Crippen LogP contribution in [0, 0.1) is 5.82 Å². The zero-order chi connectivity index (χ0) is 17.9. The molecule has 0 aliphatic carbocycles. The summed E-state index contributed by atoms with van der Waals surface area (Å²) < 4.78 is 19.2. The molecule has 0 spiro atoms. The molecular weight excluding hydrogens is 331 g/mol. The van der Waals surface area contributed by atoms with Gasteiger partial charge in [0, 0.05) is 13.1 Å². The number of benzene rings is 2. The molecule has 0 bridgehead atoms. The molecule has 136 valence electrons. The standard InChI is InChI=1S/C21H23FN2O2/c22-17-9-7-16(8-10-17)20-19-6-2-1-4-15(19)11-13-24(20)21(25)26-18-5-3-12-23-14-18/h1-2,4,6-10,18,20,23H,3,5,11-14H2/t18-,20-/m0/s1. The zero-order valence-corrected chi connectivity index (χ0v) is 14.7. The number of amides is 1. The number of fused-ring (bicyclic) bond motifs is 1. The van der Waals surface area contributed by atoms with Crippen LogP contribution in [0.15, 0.2) is 48.5 Å². The predicted octanol–water partition coefficient (Wildman–Crippen LogP) is 3.66. The first kappa shape index (κ1) is 17.0. The first-order chi connectivity index (χ1) is 12.7. The highest BCUT2D eigenvalue weighted by Gasteiger charge is 2.34. The van der Waals surface area contributed by atoms with Crippen LogP contribution in [-0.2, 0) is 11.2 Å². The van der Waals surface area contributed by atoms with Crippen LogP contribution < -0.4 is 5.32 Å². The van der Waals surface area contributed by atoms with Gasteiger partial charge in [-0.25, -0.2) is 9.18 Å². The quantitative estimate of drug-likeness (QED) is 0.895. The Morgan fingerprint density at radius 2 is 1.96 bits per heavy atom. The lowest BCUT2D eigenvalue weighted by molar-refractivity contribution is 0.0431. The second-order valence-corrected chi connectivity index (χ2v) is 6.95. The first-order valence-electron chi connectivity index (χ1n) is 9.23. The van der Waals surface area contributed by atoms with E-state index in [1.54, 1.807) is 17.0 Å². The van der Waals surface area contributed by atoms with Crippen molar-refractivity contribution in [2.24, 2.45) is 0 Å². The summed E-state index contributed by atoms with van der Waals surface area (Å²) in [5, 5.41) is 3.27. The Balaban J connectivity index is 1.64. The largest absolute Gasteiger partial charge is 0.445 e. The fourth-order valence-corrected chi connectivity index (χ4v) is 3.90. The molecule has 1 saturated heterocycles. The molecule has 2 aliphatic heterocycles. The summed E-state index contributed by atoms with van der Waals surface area (Å²) in [4.78, 5) is 14.7. The van der Waals surface area contributed by atoms with E-state index in [0.717, 1.165) is 36.9 Å². The van der Waals surface area contributed by atoms with Gasteiger partial charge in [0.2, 0.25) is 0 Å². The number of hydrogen-bond acceptors (Lipinski definition) is 3. The Kier molecular flexibility index (Phi) is 4.89. The molecule has 1 fully saturated rings. The molecular formula is C21H23FN2O2. The van der Waals surface area contributed by atoms with Gasteiger partial charge in [-0.2, -0.15) is 0 Å². The second kappa shape index (κ2) is 7.46. The van der Waals surface area contributed by atoms with Crippen LogP contribution in [0.5, 0.6) is 0 Å². The molecule has 2 aromatic carbocycles. The third kappa shape index (κ3) is 3.44. The van der Waals surface area contributed by atoms with Gasteiger partial charge in [0.1, 0.15) is 11.9 Å². The van der Waals surface area contributed by atoms with Gasteiger partial charge >= 0.3 is 6.09 Å². The molecule has 5 heteroatoms. The molecule has 2 heterocycles. The molecule has 0 aromatic heterocycles. The number of halogens is 1. The Bertz CT molecular complexity index is 772. The third-order valence-electron chi connectivity index (χ3n) is 5.22. The van der Waals surface area contributed by atoms with Crippen molar-refractivity contribution in [3.8, 4) is 0 Å². The molecule has 26 heavy (non-hydrogen) atoms. The molecule has 2 aliphatic rings. The van der Waals surface area contributed by atoms with Crippen LogP contribution >= 0.6 is 0 Å². The van der Waals surface area contributed by atoms with Crippen molar-refractivity contribution < 1.29 is 13.9 Å². The van der Waals surface area contributed by atoms with E-state index in [0.29, 0.717) is 13.1 Å². The molecule has 1 amide bonds. The van der Waals surface area contributed by atoms with Gasteiger partial charge in [-0.05, 0) is 54.6 Å². The van der Waals surface area contributed by atoms with E-state index in [-0.39, 0.29) is 24.1 Å². The highest BCUT2D eigenvalue weighted by atomic mass is 19.1. The summed E-state index contributed by atoms with van der Waals surface area (Å²) in [6.07, 6.45) is 2.34. The van der Waals surface area contributed by atoms with Crippen molar-refractivity contribution in [2.45, 2.75) is 31.4 Å². The van der Waals surface area contributed by atoms with Crippen molar-refractivity contribution >= 4 is 6.09 Å². The Morgan fingerprint density at radius 1 is 1.15 bits per heavy atom. The van der Waals surface area contributed by atoms with Crippen LogP contribution in [0.2, 0.25) is 0 Å². The summed E-state index contributed by atoms with van der Waals surface area (Å²) in [6.45, 7) is 2.28. The maximum Gasteiger partial charge on any atom is 0.410 e. The number of carbonyl (C=O) groups is 1. The van der Waals surface area contributed by atoms with Gasteiger partial charge in [0.15, 0.2) is 0 Å². The van der Waals surface area contributed by atoms with Crippen LogP contribution in [0.25, 0.3) is 0 Å². The predicted molar refractivity (Wildman–Crippen MR) is 97.5 cm³/mol. The Morgan fingerprint density at radius 3 is 2.73 bits per heavy atom. The van der Waals surface area contributed by atoms with Gasteiger partial charge in [-0.1, -0.05) is 36.4 Å². The number of nitrogens with one attached hydrogen (secondary N) is 1. The normalized spacial score (nSPS) is 22.6. The summed E-state index contributed by atoms with van der Waals surface area (Å²) in [5.74, 6) is -0.278. The summed E-state index contributed by atoms with van der Waals surface area (Å²) in [5.41, 5.74) is 3.21. The smallest absolute Gasteiger partial charge is 0.410 e. The SMILES string of the molecule is O=C(O[C@H]1CCCNC1)N1CCc2ccccc2[C@@H]1c1ccc(F)cc1. The van der Waals surface area contributed by atoms with Crippen LogP contribution in [-0.4, -0.2) is 36.7 Å². The van der Waals surface area contributed by atoms with Crippen LogP contribution in [0.3, 0.4) is 0 Å². The van der Waals surface area contributed by atoms with E-state index < -0.39 is 0 Å². The maximum atomic E-state index is 13.4. The minimum absolute atomic E-state index is 0.0812. The monoisotopic (exact) mass is 354 g/mol. The van der Waals surface area contributed by atoms with Crippen molar-refractivity contribution in [1.29, 1.82) is 0 Å². The maximum absolute atomic E-state index is 13.4. The van der Waals surface area contributed by atoms with Gasteiger partial charge in [-0.15, -0.1) is 0 Å². The highest BCUT2D eigenvalue weighted by Crippen LogP contribution is 2.35. The Labute approximate surface area is 153 Å². The van der Waals surface area contributed by atoms with E-state index in [1.807, 2.05) is 18.2 Å². The number of piperidine rings is 1. The van der Waals surface area contributed by atoms with Crippen molar-refractivity contribution in [2.75, 3.05) is 19.6 Å². The van der Waals surface area contributed by atoms with E-state index in [4.69, 9.17) is 4.74 Å². The van der Waals surface area contributed by atoms with Crippen molar-refractivity contribution in [3.05, 3.63) is 71.0 Å². The molecule has 0 unspecified atom stereocenters. The van der Waals surface area contributed by atoms with Crippen molar-refractivity contribution in [1.82, 2.24) is 10.2 Å². The van der Waals surface area contributed by atoms with Gasteiger partial charge in [0.25, 0.3) is 0 Å². The van der Waals surface area contributed by atoms with E-state index in [2.05, 4.69) is 11.4 Å². The van der Waals surface area contributed by atoms with E-state index in [1.165, 1.54) is 17.7 Å². The summed E-state index contributed by atoms with van der Waals surface area (Å²) >= 11 is 0. The topological polar surface area (TPSA) is 41.6 Å². The molecule has 1 N–H and O–H groups in total. The molecule has 2 atom stereocenters. The number of carbonyl (C=O) groups excluding carboxylic acids is 1. The molecule has 0 saturated carbocycles. The number of nitrogens with zero attached hydrogens (tertiary/aromatic N) is 1. The van der Waals surface area contributed by atoms with Crippen LogP contribution in [0.1, 0.15) is 35.6 Å². The molecule has 4 rings (SSSR count). The molecule has 4 nitrogen and oxygen atoms in total. The third-order valence-corrected chi connectivity index (χ3v) is 5.22. The van der Waals surface area contributed by atoms with E-state index >= 15 is 0 Å². The number of rotatable bonds is 2. The lowest BCUT2D eigenvalue weighted by Gasteiger charge is -2.38. The zero-order valence-electron chi connectivity index (χ0n) is 14.7. The minimum atomic E-state index is -0.289. The average molecular weight is 354 g/mol. The fourth-order valence-electron chi connectivity index (χ4n) is 3.90. The van der Waals surface area contributed by atoms with Gasteiger partial charge in [-0.3, -0.25) is 4.90 Å². The molecule has 2 aromatic rings. The minimum Gasteiger partial charge on any atom is -0.445 e. The first-order valence-corrected chi connectivity index (χ1v) is 9.23. The number of hydrogen-bond donors (Lipinski definition) is 1. The fraction of sp³-hybridized carbons (Fsp3) is 0.381. The summed E-state index contributed by atoms with van der Waals surface area (Å²) in [6, 6.07) is 14.3. The van der Waals surface area contributed by atoms with Crippen LogP contribution in [0.4, 0.5) is 9.18 Å². The Hall–Kier alpha value is -2.40. The lowest BCUT2D eigenvalue weighted by atomic mass is 9.88. The average Bonchev–Trinajstić information content (AvgIpc) is 2.68. The second-order valence-electron chi connectivity index (χ2n) is 6.95. The van der Waals surface area contributed by atoms with E-state index in [9.17, 15) is 9.18 Å². The van der Waals surface area contributed by atoms with Gasteiger partial charge in [0.05, 0.1) is 6.04 Å².